The first-order valence-electron chi connectivity index (χ1n) is 6.02. The summed E-state index contributed by atoms with van der Waals surface area (Å²) in [5.41, 5.74) is 1.05. The molecular formula is C13H14N4O. The van der Waals surface area contributed by atoms with Crippen molar-refractivity contribution < 1.29 is 4.79 Å². The van der Waals surface area contributed by atoms with Crippen molar-refractivity contribution in [2.24, 2.45) is 0 Å². The Morgan fingerprint density at radius 2 is 2.28 bits per heavy atom. The number of carbonyl (C=O) groups is 1. The number of hydrogen-bond donors (Lipinski definition) is 0. The number of carbonyl (C=O) groups excluding carboxylic acids is 1. The molecule has 2 aromatic heterocycles. The van der Waals surface area contributed by atoms with Gasteiger partial charge >= 0.3 is 6.03 Å². The van der Waals surface area contributed by atoms with E-state index in [1.807, 2.05) is 17.0 Å². The summed E-state index contributed by atoms with van der Waals surface area (Å²) in [6.07, 6.45) is 10.6. The summed E-state index contributed by atoms with van der Waals surface area (Å²) in [5, 5.41) is 0. The van der Waals surface area contributed by atoms with Gasteiger partial charge in [-0.25, -0.2) is 9.78 Å². The number of hydrogen-bond acceptors (Lipinski definition) is 3. The van der Waals surface area contributed by atoms with Crippen LogP contribution in [-0.4, -0.2) is 31.5 Å². The quantitative estimate of drug-likeness (QED) is 0.826. The maximum atomic E-state index is 12.3. The lowest BCUT2D eigenvalue weighted by Gasteiger charge is -2.22. The minimum atomic E-state index is -0.0150. The van der Waals surface area contributed by atoms with E-state index in [2.05, 4.69) is 9.97 Å². The number of amides is 1. The fourth-order valence-corrected chi connectivity index (χ4v) is 1.95. The third kappa shape index (κ3) is 2.25. The molecule has 1 aliphatic carbocycles. The van der Waals surface area contributed by atoms with Crippen LogP contribution < -0.4 is 0 Å². The predicted octanol–water partition coefficient (Wildman–Crippen LogP) is 1.91. The van der Waals surface area contributed by atoms with Crippen molar-refractivity contribution in [1.29, 1.82) is 0 Å². The van der Waals surface area contributed by atoms with E-state index in [-0.39, 0.29) is 6.03 Å². The van der Waals surface area contributed by atoms with Crippen LogP contribution in [0.2, 0.25) is 0 Å². The summed E-state index contributed by atoms with van der Waals surface area (Å²) in [7, 11) is 0. The average Bonchev–Trinajstić information content (AvgIpc) is 3.10. The Labute approximate surface area is 105 Å². The first kappa shape index (κ1) is 11.0. The molecule has 0 spiro atoms. The fourth-order valence-electron chi connectivity index (χ4n) is 1.95. The van der Waals surface area contributed by atoms with Gasteiger partial charge in [0.1, 0.15) is 6.33 Å². The zero-order chi connectivity index (χ0) is 12.4. The van der Waals surface area contributed by atoms with E-state index < -0.39 is 0 Å². The first-order valence-corrected chi connectivity index (χ1v) is 6.02. The smallest absolute Gasteiger partial charge is 0.317 e. The molecule has 0 N–H and O–H groups in total. The van der Waals surface area contributed by atoms with E-state index in [9.17, 15) is 4.79 Å². The highest BCUT2D eigenvalue weighted by atomic mass is 16.2. The highest BCUT2D eigenvalue weighted by Crippen LogP contribution is 2.28. The summed E-state index contributed by atoms with van der Waals surface area (Å²) >= 11 is 0. The number of imidazole rings is 1. The SMILES string of the molecule is O=C(N(Cc1cccnc1)C1CC1)n1ccnc1. The minimum absolute atomic E-state index is 0.0150. The summed E-state index contributed by atoms with van der Waals surface area (Å²) in [6, 6.07) is 4.23. The molecule has 18 heavy (non-hydrogen) atoms. The molecule has 2 heterocycles. The summed E-state index contributed by atoms with van der Waals surface area (Å²) < 4.78 is 1.52. The summed E-state index contributed by atoms with van der Waals surface area (Å²) in [6.45, 7) is 0.607. The second-order valence-electron chi connectivity index (χ2n) is 4.47. The lowest BCUT2D eigenvalue weighted by atomic mass is 10.2. The largest absolute Gasteiger partial charge is 0.329 e. The van der Waals surface area contributed by atoms with Gasteiger partial charge in [0.15, 0.2) is 0 Å². The van der Waals surface area contributed by atoms with Crippen molar-refractivity contribution in [1.82, 2.24) is 19.4 Å². The van der Waals surface area contributed by atoms with Gasteiger partial charge in [0.25, 0.3) is 0 Å². The third-order valence-electron chi connectivity index (χ3n) is 3.03. The van der Waals surface area contributed by atoms with Crippen LogP contribution in [0.4, 0.5) is 4.79 Å². The monoisotopic (exact) mass is 242 g/mol. The zero-order valence-corrected chi connectivity index (χ0v) is 9.94. The van der Waals surface area contributed by atoms with Crippen molar-refractivity contribution >= 4 is 6.03 Å². The van der Waals surface area contributed by atoms with Crippen LogP contribution in [0.3, 0.4) is 0 Å². The van der Waals surface area contributed by atoms with Gasteiger partial charge in [-0.2, -0.15) is 0 Å². The molecule has 0 unspecified atom stereocenters. The van der Waals surface area contributed by atoms with Gasteiger partial charge in [-0.15, -0.1) is 0 Å². The Kier molecular flexibility index (Phi) is 2.80. The van der Waals surface area contributed by atoms with Crippen LogP contribution in [0.1, 0.15) is 18.4 Å². The number of nitrogens with zero attached hydrogens (tertiary/aromatic N) is 4. The van der Waals surface area contributed by atoms with Crippen LogP contribution in [-0.2, 0) is 6.54 Å². The molecule has 0 bridgehead atoms. The molecule has 1 amide bonds. The number of rotatable bonds is 3. The molecule has 0 saturated heterocycles. The molecule has 0 aromatic carbocycles. The third-order valence-corrected chi connectivity index (χ3v) is 3.03. The van der Waals surface area contributed by atoms with Gasteiger partial charge in [-0.1, -0.05) is 6.07 Å². The lowest BCUT2D eigenvalue weighted by Crippen LogP contribution is -2.35. The Balaban J connectivity index is 1.79. The molecule has 1 saturated carbocycles. The Morgan fingerprint density at radius 3 is 2.89 bits per heavy atom. The fraction of sp³-hybridized carbons (Fsp3) is 0.308. The van der Waals surface area contributed by atoms with E-state index >= 15 is 0 Å². The predicted molar refractivity (Wildman–Crippen MR) is 65.8 cm³/mol. The van der Waals surface area contributed by atoms with Crippen molar-refractivity contribution in [3.63, 3.8) is 0 Å². The molecule has 2 aromatic rings. The second-order valence-corrected chi connectivity index (χ2v) is 4.47. The molecule has 5 heteroatoms. The normalized spacial score (nSPS) is 14.4. The molecule has 3 rings (SSSR count). The van der Waals surface area contributed by atoms with E-state index in [4.69, 9.17) is 0 Å². The van der Waals surface area contributed by atoms with Crippen molar-refractivity contribution in [2.75, 3.05) is 0 Å². The van der Waals surface area contributed by atoms with E-state index in [0.29, 0.717) is 12.6 Å². The van der Waals surface area contributed by atoms with Gasteiger partial charge in [-0.05, 0) is 24.5 Å². The van der Waals surface area contributed by atoms with Crippen molar-refractivity contribution in [3.05, 3.63) is 48.8 Å². The molecule has 5 nitrogen and oxygen atoms in total. The Morgan fingerprint density at radius 1 is 1.39 bits per heavy atom. The van der Waals surface area contributed by atoms with Gasteiger partial charge in [0.2, 0.25) is 0 Å². The van der Waals surface area contributed by atoms with Gasteiger partial charge in [-0.3, -0.25) is 9.55 Å². The van der Waals surface area contributed by atoms with Gasteiger partial charge < -0.3 is 4.90 Å². The van der Waals surface area contributed by atoms with Crippen LogP contribution in [0, 0.1) is 0 Å². The van der Waals surface area contributed by atoms with Crippen LogP contribution >= 0.6 is 0 Å². The molecule has 92 valence electrons. The lowest BCUT2D eigenvalue weighted by molar-refractivity contribution is 0.193. The Hall–Kier alpha value is -2.17. The number of aromatic nitrogens is 3. The van der Waals surface area contributed by atoms with Crippen LogP contribution in [0.25, 0.3) is 0 Å². The summed E-state index contributed by atoms with van der Waals surface area (Å²) in [5.74, 6) is 0. The van der Waals surface area contributed by atoms with E-state index in [0.717, 1.165) is 18.4 Å². The zero-order valence-electron chi connectivity index (χ0n) is 9.94. The van der Waals surface area contributed by atoms with E-state index in [1.54, 1.807) is 31.1 Å². The van der Waals surface area contributed by atoms with Crippen molar-refractivity contribution in [2.45, 2.75) is 25.4 Å². The average molecular weight is 242 g/mol. The molecule has 0 radical (unpaired) electrons. The minimum Gasteiger partial charge on any atom is -0.317 e. The Bertz CT molecular complexity index is 519. The standard InChI is InChI=1S/C13H14N4O/c18-13(16-7-6-15-10-16)17(12-3-4-12)9-11-2-1-5-14-8-11/h1-2,5-8,10,12H,3-4,9H2. The highest BCUT2D eigenvalue weighted by Gasteiger charge is 2.33. The number of pyridine rings is 1. The maximum Gasteiger partial charge on any atom is 0.329 e. The van der Waals surface area contributed by atoms with Crippen molar-refractivity contribution in [3.8, 4) is 0 Å². The molecule has 1 fully saturated rings. The highest BCUT2D eigenvalue weighted by molar-refractivity contribution is 5.77. The second kappa shape index (κ2) is 4.60. The first-order chi connectivity index (χ1) is 8.84. The topological polar surface area (TPSA) is 51.0 Å². The molecular weight excluding hydrogens is 228 g/mol. The van der Waals surface area contributed by atoms with E-state index in [1.165, 1.54) is 4.57 Å². The molecule has 1 aliphatic rings. The molecule has 0 aliphatic heterocycles. The molecule has 0 atom stereocenters. The van der Waals surface area contributed by atoms with Crippen LogP contribution in [0.5, 0.6) is 0 Å². The summed E-state index contributed by atoms with van der Waals surface area (Å²) in [4.78, 5) is 22.2. The maximum absolute atomic E-state index is 12.3. The van der Waals surface area contributed by atoms with Gasteiger partial charge in [0.05, 0.1) is 0 Å². The van der Waals surface area contributed by atoms with Gasteiger partial charge in [0, 0.05) is 37.4 Å². The van der Waals surface area contributed by atoms with Crippen LogP contribution in [0.15, 0.2) is 43.2 Å².